The zero-order valence-corrected chi connectivity index (χ0v) is 9.96. The minimum Gasteiger partial charge on any atom is -0.207 e. The van der Waals surface area contributed by atoms with E-state index in [0.29, 0.717) is 12.1 Å². The molecule has 0 unspecified atom stereocenters. The van der Waals surface area contributed by atoms with Crippen molar-refractivity contribution in [1.29, 1.82) is 0 Å². The molecule has 0 N–H and O–H groups in total. The van der Waals surface area contributed by atoms with Crippen molar-refractivity contribution < 1.29 is 21.2 Å². The fourth-order valence-electron chi connectivity index (χ4n) is 0.822. The Morgan fingerprint density at radius 2 is 1.53 bits per heavy atom. The minimum absolute atomic E-state index is 0.537. The molecule has 0 bridgehead atoms. The van der Waals surface area contributed by atoms with E-state index in [2.05, 4.69) is 0 Å². The summed E-state index contributed by atoms with van der Waals surface area (Å²) in [5.41, 5.74) is 0. The van der Waals surface area contributed by atoms with Crippen molar-refractivity contribution in [2.45, 2.75) is 9.79 Å². The van der Waals surface area contributed by atoms with E-state index in [4.69, 9.17) is 21.4 Å². The van der Waals surface area contributed by atoms with Gasteiger partial charge < -0.3 is 0 Å². The highest BCUT2D eigenvalue weighted by Crippen LogP contribution is 2.24. The van der Waals surface area contributed by atoms with Crippen LogP contribution in [0.3, 0.4) is 0 Å². The van der Waals surface area contributed by atoms with Crippen LogP contribution in [0.4, 0.5) is 4.39 Å². The molecule has 0 radical (unpaired) electrons. The molecule has 0 atom stereocenters. The van der Waals surface area contributed by atoms with Crippen LogP contribution >= 0.6 is 21.4 Å². The Balaban J connectivity index is 3.57. The normalized spacial score (nSPS) is 12.7. The Kier molecular flexibility index (Phi) is 3.30. The molecule has 0 heterocycles. The second-order valence-corrected chi connectivity index (χ2v) is 7.57. The van der Waals surface area contributed by atoms with Crippen LogP contribution in [0.15, 0.2) is 28.0 Å². The molecule has 84 valence electrons. The second-order valence-electron chi connectivity index (χ2n) is 2.47. The van der Waals surface area contributed by atoms with Crippen molar-refractivity contribution in [3.63, 3.8) is 0 Å². The Labute approximate surface area is 94.5 Å². The highest BCUT2D eigenvalue weighted by atomic mass is 35.7. The van der Waals surface area contributed by atoms with Gasteiger partial charge in [-0.05, 0) is 18.2 Å². The first-order chi connectivity index (χ1) is 6.62. The molecule has 0 saturated heterocycles. The quantitative estimate of drug-likeness (QED) is 0.778. The maximum Gasteiger partial charge on any atom is 0.264 e. The molecule has 0 fully saturated rings. The van der Waals surface area contributed by atoms with Crippen LogP contribution in [0.2, 0.25) is 0 Å². The van der Waals surface area contributed by atoms with Gasteiger partial charge in [0.05, 0.1) is 4.90 Å². The highest BCUT2D eigenvalue weighted by molar-refractivity contribution is 8.14. The van der Waals surface area contributed by atoms with Gasteiger partial charge in [0.25, 0.3) is 18.1 Å². The molecule has 1 aromatic rings. The molecule has 0 aliphatic rings. The lowest BCUT2D eigenvalue weighted by molar-refractivity contribution is 0.573. The number of halogens is 3. The lowest BCUT2D eigenvalue weighted by Gasteiger charge is -2.00. The van der Waals surface area contributed by atoms with Crippen LogP contribution in [0.1, 0.15) is 0 Å². The molecule has 0 amide bonds. The lowest BCUT2D eigenvalue weighted by atomic mass is 10.3. The van der Waals surface area contributed by atoms with Crippen molar-refractivity contribution in [1.82, 2.24) is 0 Å². The monoisotopic (exact) mass is 292 g/mol. The Morgan fingerprint density at radius 3 is 1.93 bits per heavy atom. The van der Waals surface area contributed by atoms with Gasteiger partial charge in [0.15, 0.2) is 0 Å². The van der Waals surface area contributed by atoms with Crippen molar-refractivity contribution >= 4 is 39.5 Å². The average Bonchev–Trinajstić information content (AvgIpc) is 2.00. The summed E-state index contributed by atoms with van der Waals surface area (Å²) in [4.78, 5) is -1.46. The van der Waals surface area contributed by atoms with Gasteiger partial charge in [0.2, 0.25) is 0 Å². The van der Waals surface area contributed by atoms with Gasteiger partial charge in [-0.1, -0.05) is 0 Å². The fraction of sp³-hybridized carbons (Fsp3) is 0. The number of rotatable bonds is 2. The van der Waals surface area contributed by atoms with E-state index in [-0.39, 0.29) is 0 Å². The van der Waals surface area contributed by atoms with Crippen molar-refractivity contribution in [2.75, 3.05) is 0 Å². The van der Waals surface area contributed by atoms with E-state index in [0.717, 1.165) is 6.07 Å². The maximum absolute atomic E-state index is 13.0. The topological polar surface area (TPSA) is 68.3 Å². The van der Waals surface area contributed by atoms with Gasteiger partial charge >= 0.3 is 0 Å². The first kappa shape index (κ1) is 12.7. The molecule has 4 nitrogen and oxygen atoms in total. The number of hydrogen-bond acceptors (Lipinski definition) is 4. The van der Waals surface area contributed by atoms with E-state index in [1.807, 2.05) is 0 Å². The summed E-state index contributed by atoms with van der Waals surface area (Å²) in [5, 5.41) is 0. The molecular formula is C6H3Cl2FO4S2. The molecule has 0 aliphatic heterocycles. The number of benzene rings is 1. The van der Waals surface area contributed by atoms with Crippen LogP contribution in [-0.4, -0.2) is 16.8 Å². The summed E-state index contributed by atoms with van der Waals surface area (Å²) in [6.45, 7) is 0. The highest BCUT2D eigenvalue weighted by Gasteiger charge is 2.20. The average molecular weight is 293 g/mol. The van der Waals surface area contributed by atoms with Crippen LogP contribution in [0, 0.1) is 5.82 Å². The summed E-state index contributed by atoms with van der Waals surface area (Å²) in [7, 11) is 1.36. The van der Waals surface area contributed by atoms with Crippen molar-refractivity contribution in [3.05, 3.63) is 24.0 Å². The van der Waals surface area contributed by atoms with Crippen LogP contribution in [0.5, 0.6) is 0 Å². The summed E-state index contributed by atoms with van der Waals surface area (Å²) in [6, 6.07) is 2.05. The Hall–Kier alpha value is -0.370. The maximum atomic E-state index is 13.0. The first-order valence-electron chi connectivity index (χ1n) is 3.31. The third-order valence-corrected chi connectivity index (χ3v) is 4.14. The molecule has 0 aromatic heterocycles. The predicted molar refractivity (Wildman–Crippen MR) is 52.5 cm³/mol. The summed E-state index contributed by atoms with van der Waals surface area (Å²) >= 11 is 0. The standard InChI is InChI=1S/C6H3Cl2FO4S2/c7-14(10,11)4-1-2-5(9)6(3-4)15(8,12)13/h1-3H. The van der Waals surface area contributed by atoms with E-state index < -0.39 is 33.7 Å². The summed E-state index contributed by atoms with van der Waals surface area (Å²) < 4.78 is 56.2. The van der Waals surface area contributed by atoms with Gasteiger partial charge in [-0.3, -0.25) is 0 Å². The third kappa shape index (κ3) is 3.04. The van der Waals surface area contributed by atoms with E-state index in [9.17, 15) is 21.2 Å². The van der Waals surface area contributed by atoms with Gasteiger partial charge in [-0.25, -0.2) is 21.2 Å². The predicted octanol–water partition coefficient (Wildman–Crippen LogP) is 1.68. The van der Waals surface area contributed by atoms with E-state index >= 15 is 0 Å². The van der Waals surface area contributed by atoms with Gasteiger partial charge in [0.1, 0.15) is 10.7 Å². The van der Waals surface area contributed by atoms with Gasteiger partial charge in [-0.15, -0.1) is 0 Å². The molecule has 15 heavy (non-hydrogen) atoms. The second kappa shape index (κ2) is 3.89. The molecule has 0 saturated carbocycles. The molecule has 1 rings (SSSR count). The molecule has 0 spiro atoms. The third-order valence-electron chi connectivity index (χ3n) is 1.45. The lowest BCUT2D eigenvalue weighted by Crippen LogP contribution is -1.99. The zero-order chi connectivity index (χ0) is 11.9. The largest absolute Gasteiger partial charge is 0.264 e. The van der Waals surface area contributed by atoms with E-state index in [1.165, 1.54) is 0 Å². The van der Waals surface area contributed by atoms with Crippen molar-refractivity contribution in [3.8, 4) is 0 Å². The van der Waals surface area contributed by atoms with E-state index in [1.54, 1.807) is 0 Å². The molecule has 9 heteroatoms. The smallest absolute Gasteiger partial charge is 0.207 e. The Bertz CT molecular complexity index is 594. The van der Waals surface area contributed by atoms with Gasteiger partial charge in [0, 0.05) is 21.4 Å². The fourth-order valence-corrected chi connectivity index (χ4v) is 2.60. The zero-order valence-electron chi connectivity index (χ0n) is 6.82. The molecule has 0 aliphatic carbocycles. The van der Waals surface area contributed by atoms with Crippen LogP contribution in [0.25, 0.3) is 0 Å². The Morgan fingerprint density at radius 1 is 1.00 bits per heavy atom. The molecular weight excluding hydrogens is 290 g/mol. The minimum atomic E-state index is -4.34. The summed E-state index contributed by atoms with van der Waals surface area (Å²) in [5.74, 6) is -1.14. The van der Waals surface area contributed by atoms with Crippen LogP contribution in [-0.2, 0) is 18.1 Å². The summed E-state index contributed by atoms with van der Waals surface area (Å²) in [6.07, 6.45) is 0. The van der Waals surface area contributed by atoms with Gasteiger partial charge in [-0.2, -0.15) is 0 Å². The molecule has 1 aromatic carbocycles. The first-order valence-corrected chi connectivity index (χ1v) is 7.93. The van der Waals surface area contributed by atoms with Crippen LogP contribution < -0.4 is 0 Å². The van der Waals surface area contributed by atoms with Crippen molar-refractivity contribution in [2.24, 2.45) is 0 Å². The SMILES string of the molecule is O=S(=O)(Cl)c1ccc(F)c(S(=O)(=O)Cl)c1. The number of hydrogen-bond donors (Lipinski definition) is 0.